The van der Waals surface area contributed by atoms with Gasteiger partial charge in [-0.3, -0.25) is 9.59 Å². The molecule has 3 atom stereocenters. The van der Waals surface area contributed by atoms with Crippen LogP contribution >= 0.6 is 0 Å². The zero-order valence-electron chi connectivity index (χ0n) is 15.6. The Hall–Kier alpha value is -1.96. The average molecular weight is 399 g/mol. The standard InChI is InChI=1S/C19H26FNO5S/c1-13-4-3-5-17(14(13)2)21-18(22)12-26-19(23)10-11-27(24,25)16-8-6-15(20)7-9-16/h6-9,13-14,17H,3-5,10-12H2,1-2H3,(H,21,22)/t13-,14+,17-/m0/s1. The first-order chi connectivity index (χ1) is 12.7. The second-order valence-electron chi connectivity index (χ2n) is 7.12. The largest absolute Gasteiger partial charge is 0.456 e. The van der Waals surface area contributed by atoms with Crippen LogP contribution in [0.25, 0.3) is 0 Å². The van der Waals surface area contributed by atoms with E-state index in [-0.39, 0.29) is 23.3 Å². The van der Waals surface area contributed by atoms with Crippen molar-refractivity contribution in [2.75, 3.05) is 12.4 Å². The van der Waals surface area contributed by atoms with Crippen LogP contribution in [0.4, 0.5) is 4.39 Å². The topological polar surface area (TPSA) is 89.5 Å². The van der Waals surface area contributed by atoms with Crippen LogP contribution in [-0.2, 0) is 24.2 Å². The van der Waals surface area contributed by atoms with Crippen LogP contribution in [0, 0.1) is 17.7 Å². The van der Waals surface area contributed by atoms with Gasteiger partial charge in [0, 0.05) is 6.04 Å². The maximum absolute atomic E-state index is 12.9. The molecule has 1 aliphatic carbocycles. The van der Waals surface area contributed by atoms with Crippen LogP contribution in [0.15, 0.2) is 29.2 Å². The number of esters is 1. The third kappa shape index (κ3) is 6.30. The number of halogens is 1. The maximum atomic E-state index is 12.9. The lowest BCUT2D eigenvalue weighted by Crippen LogP contribution is -2.45. The fourth-order valence-electron chi connectivity index (χ4n) is 3.23. The minimum atomic E-state index is -3.71. The van der Waals surface area contributed by atoms with Gasteiger partial charge in [-0.05, 0) is 42.5 Å². The highest BCUT2D eigenvalue weighted by atomic mass is 32.2. The first-order valence-electron chi connectivity index (χ1n) is 9.12. The van der Waals surface area contributed by atoms with Gasteiger partial charge in [0.15, 0.2) is 16.4 Å². The van der Waals surface area contributed by atoms with Crippen molar-refractivity contribution in [2.45, 2.75) is 50.5 Å². The summed E-state index contributed by atoms with van der Waals surface area (Å²) in [5.74, 6) is -1.25. The van der Waals surface area contributed by atoms with Crippen LogP contribution in [0.2, 0.25) is 0 Å². The summed E-state index contributed by atoms with van der Waals surface area (Å²) in [5, 5.41) is 2.89. The van der Waals surface area contributed by atoms with Gasteiger partial charge in [-0.1, -0.05) is 26.7 Å². The Morgan fingerprint density at radius 1 is 1.19 bits per heavy atom. The van der Waals surface area contributed by atoms with Gasteiger partial charge in [-0.2, -0.15) is 0 Å². The number of hydrogen-bond acceptors (Lipinski definition) is 5. The predicted molar refractivity (Wildman–Crippen MR) is 98.1 cm³/mol. The van der Waals surface area contributed by atoms with Crippen LogP contribution in [0.3, 0.4) is 0 Å². The molecule has 0 aromatic heterocycles. The molecular weight excluding hydrogens is 373 g/mol. The molecule has 1 saturated carbocycles. The van der Waals surface area contributed by atoms with Gasteiger partial charge in [0.25, 0.3) is 5.91 Å². The van der Waals surface area contributed by atoms with Gasteiger partial charge in [-0.15, -0.1) is 0 Å². The third-order valence-electron chi connectivity index (χ3n) is 5.17. The highest BCUT2D eigenvalue weighted by Gasteiger charge is 2.28. The number of benzene rings is 1. The second-order valence-corrected chi connectivity index (χ2v) is 9.23. The Morgan fingerprint density at radius 3 is 2.52 bits per heavy atom. The third-order valence-corrected chi connectivity index (χ3v) is 6.90. The first kappa shape index (κ1) is 21.3. The van der Waals surface area contributed by atoms with E-state index in [0.29, 0.717) is 11.8 Å². The fraction of sp³-hybridized carbons (Fsp3) is 0.579. The molecule has 0 spiro atoms. The molecule has 0 radical (unpaired) electrons. The number of ether oxygens (including phenoxy) is 1. The summed E-state index contributed by atoms with van der Waals surface area (Å²) >= 11 is 0. The molecule has 2 rings (SSSR count). The maximum Gasteiger partial charge on any atom is 0.307 e. The molecule has 6 nitrogen and oxygen atoms in total. The van der Waals surface area contributed by atoms with E-state index in [9.17, 15) is 22.4 Å². The van der Waals surface area contributed by atoms with Crippen molar-refractivity contribution >= 4 is 21.7 Å². The number of hydrogen-bond donors (Lipinski definition) is 1. The molecule has 1 aliphatic rings. The highest BCUT2D eigenvalue weighted by molar-refractivity contribution is 7.91. The number of amides is 1. The molecule has 1 N–H and O–H groups in total. The van der Waals surface area contributed by atoms with Crippen molar-refractivity contribution in [3.63, 3.8) is 0 Å². The second kappa shape index (κ2) is 9.30. The van der Waals surface area contributed by atoms with Gasteiger partial charge in [0.05, 0.1) is 17.1 Å². The van der Waals surface area contributed by atoms with E-state index in [4.69, 9.17) is 4.74 Å². The smallest absolute Gasteiger partial charge is 0.307 e. The lowest BCUT2D eigenvalue weighted by Gasteiger charge is -2.34. The summed E-state index contributed by atoms with van der Waals surface area (Å²) in [5.41, 5.74) is 0. The SMILES string of the molecule is C[C@H]1[C@@H](NC(=O)COC(=O)CCS(=O)(=O)c2ccc(F)cc2)CCC[C@@H]1C. The minimum absolute atomic E-state index is 0.0603. The number of carbonyl (C=O) groups is 2. The zero-order chi connectivity index (χ0) is 20.0. The summed E-state index contributed by atoms with van der Waals surface area (Å²) in [6, 6.07) is 4.45. The molecular formula is C19H26FNO5S. The van der Waals surface area contributed by atoms with Crippen molar-refractivity contribution in [3.05, 3.63) is 30.1 Å². The predicted octanol–water partition coefficient (Wildman–Crippen LogP) is 2.47. The molecule has 8 heteroatoms. The van der Waals surface area contributed by atoms with Crippen LogP contribution in [0.1, 0.15) is 39.5 Å². The van der Waals surface area contributed by atoms with Crippen molar-refractivity contribution in [3.8, 4) is 0 Å². The van der Waals surface area contributed by atoms with Crippen LogP contribution in [-0.4, -0.2) is 38.7 Å². The molecule has 150 valence electrons. The van der Waals surface area contributed by atoms with Crippen molar-refractivity contribution < 1.29 is 27.1 Å². The summed E-state index contributed by atoms with van der Waals surface area (Å²) in [7, 11) is -3.71. The number of carbonyl (C=O) groups excluding carboxylic acids is 2. The molecule has 27 heavy (non-hydrogen) atoms. The van der Waals surface area contributed by atoms with E-state index in [0.717, 1.165) is 43.5 Å². The monoisotopic (exact) mass is 399 g/mol. The average Bonchev–Trinajstić information content (AvgIpc) is 2.62. The van der Waals surface area contributed by atoms with Gasteiger partial charge in [0.1, 0.15) is 5.82 Å². The Labute approximate surface area is 159 Å². The first-order valence-corrected chi connectivity index (χ1v) is 10.8. The molecule has 1 fully saturated rings. The number of sulfone groups is 1. The number of rotatable bonds is 7. The van der Waals surface area contributed by atoms with E-state index in [1.807, 2.05) is 0 Å². The summed E-state index contributed by atoms with van der Waals surface area (Å²) in [6.45, 7) is 3.83. The molecule has 1 amide bonds. The van der Waals surface area contributed by atoms with Crippen LogP contribution < -0.4 is 5.32 Å². The Bertz CT molecular complexity index is 763. The zero-order valence-corrected chi connectivity index (χ0v) is 16.4. The van der Waals surface area contributed by atoms with Crippen molar-refractivity contribution in [1.29, 1.82) is 0 Å². The lowest BCUT2D eigenvalue weighted by molar-refractivity contribution is -0.148. The Morgan fingerprint density at radius 2 is 1.85 bits per heavy atom. The molecule has 0 heterocycles. The fourth-order valence-corrected chi connectivity index (χ4v) is 4.45. The molecule has 0 bridgehead atoms. The van der Waals surface area contributed by atoms with E-state index in [2.05, 4.69) is 19.2 Å². The van der Waals surface area contributed by atoms with Crippen molar-refractivity contribution in [2.24, 2.45) is 11.8 Å². The Kier molecular flexibility index (Phi) is 7.35. The molecule has 0 unspecified atom stereocenters. The Balaban J connectivity index is 1.75. The van der Waals surface area contributed by atoms with Gasteiger partial charge >= 0.3 is 5.97 Å². The summed E-state index contributed by atoms with van der Waals surface area (Å²) in [6.07, 6.45) is 2.73. The van der Waals surface area contributed by atoms with E-state index >= 15 is 0 Å². The van der Waals surface area contributed by atoms with E-state index in [1.165, 1.54) is 0 Å². The molecule has 0 aliphatic heterocycles. The van der Waals surface area contributed by atoms with Gasteiger partial charge in [0.2, 0.25) is 0 Å². The quantitative estimate of drug-likeness (QED) is 0.562. The molecule has 1 aromatic rings. The summed E-state index contributed by atoms with van der Waals surface area (Å²) in [4.78, 5) is 23.7. The highest BCUT2D eigenvalue weighted by Crippen LogP contribution is 2.29. The van der Waals surface area contributed by atoms with Gasteiger partial charge in [-0.25, -0.2) is 12.8 Å². The summed E-state index contributed by atoms with van der Waals surface area (Å²) < 4.78 is 42.0. The van der Waals surface area contributed by atoms with Gasteiger partial charge < -0.3 is 10.1 Å². The lowest BCUT2D eigenvalue weighted by atomic mass is 9.78. The number of nitrogens with one attached hydrogen (secondary N) is 1. The molecule has 0 saturated heterocycles. The normalized spacial score (nSPS) is 22.9. The molecule has 1 aromatic carbocycles. The van der Waals surface area contributed by atoms with E-state index in [1.54, 1.807) is 0 Å². The van der Waals surface area contributed by atoms with E-state index < -0.39 is 34.0 Å². The minimum Gasteiger partial charge on any atom is -0.456 e. The van der Waals surface area contributed by atoms with Crippen molar-refractivity contribution in [1.82, 2.24) is 5.32 Å². The van der Waals surface area contributed by atoms with Crippen LogP contribution in [0.5, 0.6) is 0 Å².